The van der Waals surface area contributed by atoms with Crippen molar-refractivity contribution < 1.29 is 14.3 Å². The van der Waals surface area contributed by atoms with Crippen molar-refractivity contribution >= 4 is 29.0 Å². The maximum absolute atomic E-state index is 13.6. The molecule has 0 radical (unpaired) electrons. The smallest absolute Gasteiger partial charge is 0.330 e. The number of H-pyrrole nitrogens is 1. The fourth-order valence-electron chi connectivity index (χ4n) is 3.37. The molecule has 3 N–H and O–H groups in total. The monoisotopic (exact) mass is 480 g/mol. The number of rotatable bonds is 10. The van der Waals surface area contributed by atoms with Crippen LogP contribution < -0.4 is 31.4 Å². The van der Waals surface area contributed by atoms with Crippen LogP contribution in [0, 0.1) is 11.8 Å². The van der Waals surface area contributed by atoms with Crippen LogP contribution in [0.15, 0.2) is 21.7 Å². The molecular formula is C23H33ClN4O5. The van der Waals surface area contributed by atoms with Crippen molar-refractivity contribution in [1.29, 1.82) is 0 Å². The number of nitrogens with two attached hydrogens (primary N) is 1. The summed E-state index contributed by atoms with van der Waals surface area (Å²) in [6.45, 7) is 10.5. The van der Waals surface area contributed by atoms with E-state index in [1.807, 2.05) is 34.6 Å². The fraction of sp³-hybridized carbons (Fsp3) is 0.522. The number of nitrogens with one attached hydrogen (secondary N) is 1. The third-order valence-electron chi connectivity index (χ3n) is 4.75. The first-order chi connectivity index (χ1) is 15.5. The van der Waals surface area contributed by atoms with Gasteiger partial charge >= 0.3 is 5.69 Å². The van der Waals surface area contributed by atoms with E-state index in [0.29, 0.717) is 24.7 Å². The average molecular weight is 481 g/mol. The Labute approximate surface area is 198 Å². The minimum absolute atomic E-state index is 0.00255. The normalized spacial score (nSPS) is 11.2. The Morgan fingerprint density at radius 1 is 1.21 bits per heavy atom. The Bertz CT molecular complexity index is 1110. The quantitative estimate of drug-likeness (QED) is 0.536. The molecule has 1 heterocycles. The van der Waals surface area contributed by atoms with Gasteiger partial charge in [-0.05, 0) is 30.4 Å². The molecule has 2 aromatic rings. The van der Waals surface area contributed by atoms with Gasteiger partial charge in [-0.15, -0.1) is 0 Å². The van der Waals surface area contributed by atoms with Crippen LogP contribution in [0.2, 0.25) is 5.02 Å². The molecule has 2 rings (SSSR count). The molecule has 0 aliphatic rings. The van der Waals surface area contributed by atoms with Crippen LogP contribution in [0.5, 0.6) is 11.5 Å². The van der Waals surface area contributed by atoms with E-state index in [1.165, 1.54) is 28.7 Å². The molecule has 0 spiro atoms. The highest BCUT2D eigenvalue weighted by Gasteiger charge is 2.27. The van der Waals surface area contributed by atoms with Crippen LogP contribution in [0.3, 0.4) is 0 Å². The molecule has 9 nitrogen and oxygen atoms in total. The highest BCUT2D eigenvalue weighted by Crippen LogP contribution is 2.37. The first-order valence-electron chi connectivity index (χ1n) is 11.0. The van der Waals surface area contributed by atoms with Crippen molar-refractivity contribution in [3.8, 4) is 11.5 Å². The van der Waals surface area contributed by atoms with Gasteiger partial charge in [-0.2, -0.15) is 0 Å². The average Bonchev–Trinajstić information content (AvgIpc) is 2.73. The van der Waals surface area contributed by atoms with E-state index in [4.69, 9.17) is 26.8 Å². The molecule has 0 saturated carbocycles. The Hall–Kier alpha value is -2.94. The summed E-state index contributed by atoms with van der Waals surface area (Å²) in [6, 6.07) is 2.99. The van der Waals surface area contributed by atoms with Crippen LogP contribution in [0.1, 0.15) is 51.4 Å². The van der Waals surface area contributed by atoms with Crippen LogP contribution in [-0.4, -0.2) is 35.7 Å². The number of aromatic amines is 1. The summed E-state index contributed by atoms with van der Waals surface area (Å²) in [5.74, 6) is 0.177. The van der Waals surface area contributed by atoms with E-state index in [9.17, 15) is 14.4 Å². The zero-order valence-corrected chi connectivity index (χ0v) is 20.8. The fourth-order valence-corrected chi connectivity index (χ4v) is 3.63. The summed E-state index contributed by atoms with van der Waals surface area (Å²) in [6.07, 6.45) is 0.774. The standard InChI is InChI=1S/C23H33ClN4O5/c1-7-8-33-19-16(24)9-15(10-17(19)32-6)22(30)27(11-13(2)3)18-20(25)28(12-14(4)5)23(31)26-21(18)29/h9-10,13-14H,7-8,11-12,25H2,1-6H3,(H,26,29,31). The van der Waals surface area contributed by atoms with Gasteiger partial charge in [0.05, 0.1) is 18.7 Å². The number of hydrogen-bond donors (Lipinski definition) is 2. The second-order valence-corrected chi connectivity index (χ2v) is 9.05. The summed E-state index contributed by atoms with van der Waals surface area (Å²) in [5.41, 5.74) is 5.05. The molecule has 182 valence electrons. The Morgan fingerprint density at radius 2 is 1.88 bits per heavy atom. The molecule has 0 atom stereocenters. The first kappa shape index (κ1) is 26.3. The number of hydrogen-bond acceptors (Lipinski definition) is 6. The number of ether oxygens (including phenoxy) is 2. The number of halogens is 1. The molecule has 10 heteroatoms. The van der Waals surface area contributed by atoms with E-state index in [-0.39, 0.29) is 40.5 Å². The molecule has 0 saturated heterocycles. The lowest BCUT2D eigenvalue weighted by atomic mass is 10.1. The number of aromatic nitrogens is 2. The van der Waals surface area contributed by atoms with E-state index in [1.54, 1.807) is 0 Å². The second-order valence-electron chi connectivity index (χ2n) is 8.65. The van der Waals surface area contributed by atoms with Crippen molar-refractivity contribution in [1.82, 2.24) is 9.55 Å². The molecule has 0 bridgehead atoms. The topological polar surface area (TPSA) is 120 Å². The predicted molar refractivity (Wildman–Crippen MR) is 131 cm³/mol. The lowest BCUT2D eigenvalue weighted by Crippen LogP contribution is -2.43. The van der Waals surface area contributed by atoms with Crippen molar-refractivity contribution in [3.63, 3.8) is 0 Å². The summed E-state index contributed by atoms with van der Waals surface area (Å²) in [4.78, 5) is 42.4. The summed E-state index contributed by atoms with van der Waals surface area (Å²) >= 11 is 6.40. The number of amides is 1. The third-order valence-corrected chi connectivity index (χ3v) is 5.03. The van der Waals surface area contributed by atoms with Crippen molar-refractivity contribution in [2.24, 2.45) is 11.8 Å². The lowest BCUT2D eigenvalue weighted by Gasteiger charge is -2.27. The van der Waals surface area contributed by atoms with Gasteiger partial charge in [0.1, 0.15) is 5.82 Å². The van der Waals surface area contributed by atoms with E-state index in [0.717, 1.165) is 6.42 Å². The number of nitrogen functional groups attached to an aromatic ring is 1. The minimum Gasteiger partial charge on any atom is -0.493 e. The first-order valence-corrected chi connectivity index (χ1v) is 11.3. The van der Waals surface area contributed by atoms with Crippen molar-refractivity contribution in [3.05, 3.63) is 43.6 Å². The van der Waals surface area contributed by atoms with Crippen LogP contribution in [-0.2, 0) is 6.54 Å². The van der Waals surface area contributed by atoms with Crippen molar-refractivity contribution in [2.45, 2.75) is 47.6 Å². The Balaban J connectivity index is 2.66. The maximum Gasteiger partial charge on any atom is 0.330 e. The second kappa shape index (κ2) is 11.3. The van der Waals surface area contributed by atoms with Gasteiger partial charge in [-0.25, -0.2) is 4.79 Å². The Morgan fingerprint density at radius 3 is 2.42 bits per heavy atom. The maximum atomic E-state index is 13.6. The van der Waals surface area contributed by atoms with Gasteiger partial charge in [-0.1, -0.05) is 46.2 Å². The van der Waals surface area contributed by atoms with E-state index in [2.05, 4.69) is 4.98 Å². The van der Waals surface area contributed by atoms with E-state index >= 15 is 0 Å². The largest absolute Gasteiger partial charge is 0.493 e. The molecule has 0 aliphatic heterocycles. The number of carbonyl (C=O) groups excluding carboxylic acids is 1. The lowest BCUT2D eigenvalue weighted by molar-refractivity contribution is 0.0983. The van der Waals surface area contributed by atoms with Gasteiger partial charge in [0.25, 0.3) is 11.5 Å². The highest BCUT2D eigenvalue weighted by atomic mass is 35.5. The van der Waals surface area contributed by atoms with Crippen molar-refractivity contribution in [2.75, 3.05) is 30.9 Å². The van der Waals surface area contributed by atoms with Crippen LogP contribution >= 0.6 is 11.6 Å². The Kier molecular flexibility index (Phi) is 8.99. The SMILES string of the molecule is CCCOc1c(Cl)cc(C(=O)N(CC(C)C)c2c(N)n(CC(C)C)c(=O)[nH]c2=O)cc1OC. The van der Waals surface area contributed by atoms with Gasteiger partial charge in [0, 0.05) is 18.7 Å². The molecule has 1 amide bonds. The highest BCUT2D eigenvalue weighted by molar-refractivity contribution is 6.32. The minimum atomic E-state index is -0.729. The number of anilines is 2. The number of methoxy groups -OCH3 is 1. The summed E-state index contributed by atoms with van der Waals surface area (Å²) < 4.78 is 12.3. The van der Waals surface area contributed by atoms with E-state index < -0.39 is 17.2 Å². The molecule has 0 fully saturated rings. The molecule has 0 aliphatic carbocycles. The molecule has 1 aromatic heterocycles. The number of nitrogens with zero attached hydrogens (tertiary/aromatic N) is 2. The van der Waals surface area contributed by atoms with Gasteiger partial charge in [0.15, 0.2) is 17.2 Å². The number of benzene rings is 1. The van der Waals surface area contributed by atoms with Crippen LogP contribution in [0.25, 0.3) is 0 Å². The summed E-state index contributed by atoms with van der Waals surface area (Å²) in [7, 11) is 1.45. The zero-order valence-electron chi connectivity index (χ0n) is 20.0. The molecule has 0 unspecified atom stereocenters. The predicted octanol–water partition coefficient (Wildman–Crippen LogP) is 3.53. The van der Waals surface area contributed by atoms with Gasteiger partial charge in [0.2, 0.25) is 0 Å². The zero-order chi connectivity index (χ0) is 24.9. The van der Waals surface area contributed by atoms with Gasteiger partial charge in [-0.3, -0.25) is 19.1 Å². The molecule has 33 heavy (non-hydrogen) atoms. The molecular weight excluding hydrogens is 448 g/mol. The third kappa shape index (κ3) is 6.10. The van der Waals surface area contributed by atoms with Gasteiger partial charge < -0.3 is 20.1 Å². The van der Waals surface area contributed by atoms with Crippen LogP contribution in [0.4, 0.5) is 11.5 Å². The molecule has 1 aromatic carbocycles. The summed E-state index contributed by atoms with van der Waals surface area (Å²) in [5, 5.41) is 0.210. The number of carbonyl (C=O) groups is 1.